The van der Waals surface area contributed by atoms with E-state index in [4.69, 9.17) is 10.7 Å². The van der Waals surface area contributed by atoms with Gasteiger partial charge >= 0.3 is 0 Å². The Morgan fingerprint density at radius 1 is 1.14 bits per heavy atom. The predicted molar refractivity (Wildman–Crippen MR) is 90.5 cm³/mol. The van der Waals surface area contributed by atoms with Gasteiger partial charge in [-0.2, -0.15) is 0 Å². The van der Waals surface area contributed by atoms with Gasteiger partial charge in [0.05, 0.1) is 0 Å². The minimum absolute atomic E-state index is 0.0711. The van der Waals surface area contributed by atoms with Gasteiger partial charge in [0.1, 0.15) is 17.3 Å². The molecule has 0 saturated carbocycles. The summed E-state index contributed by atoms with van der Waals surface area (Å²) in [5.41, 5.74) is 9.68. The van der Waals surface area contributed by atoms with Gasteiger partial charge in [-0.25, -0.2) is 4.98 Å². The van der Waals surface area contributed by atoms with Gasteiger partial charge in [0.2, 0.25) is 0 Å². The zero-order valence-corrected chi connectivity index (χ0v) is 14.1. The van der Waals surface area contributed by atoms with Crippen molar-refractivity contribution >= 4 is 5.82 Å². The van der Waals surface area contributed by atoms with E-state index in [1.54, 1.807) is 0 Å². The van der Waals surface area contributed by atoms with Gasteiger partial charge < -0.3 is 10.3 Å². The first-order chi connectivity index (χ1) is 9.75. The van der Waals surface area contributed by atoms with Crippen LogP contribution in [0.5, 0.6) is 0 Å². The molecule has 1 heterocycles. The predicted octanol–water partition coefficient (Wildman–Crippen LogP) is 4.57. The number of rotatable bonds is 3. The lowest BCUT2D eigenvalue weighted by Gasteiger charge is -2.26. The summed E-state index contributed by atoms with van der Waals surface area (Å²) in [7, 11) is 0. The maximum absolute atomic E-state index is 6.43. The monoisotopic (exact) mass is 285 g/mol. The van der Waals surface area contributed by atoms with Crippen molar-refractivity contribution in [2.75, 3.05) is 5.73 Å². The van der Waals surface area contributed by atoms with Crippen LogP contribution in [0.15, 0.2) is 24.3 Å². The number of nitrogens with two attached hydrogens (primary N) is 1. The van der Waals surface area contributed by atoms with Gasteiger partial charge in [0.15, 0.2) is 0 Å². The summed E-state index contributed by atoms with van der Waals surface area (Å²) in [6.07, 6.45) is 1.05. The molecule has 0 aliphatic heterocycles. The van der Waals surface area contributed by atoms with E-state index in [2.05, 4.69) is 70.4 Å². The zero-order valence-electron chi connectivity index (χ0n) is 14.1. The van der Waals surface area contributed by atoms with Crippen molar-refractivity contribution < 1.29 is 0 Å². The summed E-state index contributed by atoms with van der Waals surface area (Å²) < 4.78 is 2.17. The third kappa shape index (κ3) is 2.97. The van der Waals surface area contributed by atoms with Crippen LogP contribution in [-0.2, 0) is 12.0 Å². The molecule has 114 valence electrons. The highest BCUT2D eigenvalue weighted by Crippen LogP contribution is 2.34. The molecule has 3 nitrogen and oxygen atoms in total. The third-order valence-electron chi connectivity index (χ3n) is 3.76. The summed E-state index contributed by atoms with van der Waals surface area (Å²) >= 11 is 0. The average molecular weight is 285 g/mol. The lowest BCUT2D eigenvalue weighted by atomic mass is 10.1. The molecular weight excluding hydrogens is 258 g/mol. The van der Waals surface area contributed by atoms with Crippen LogP contribution in [0.4, 0.5) is 5.82 Å². The fraction of sp³-hybridized carbons (Fsp3) is 0.500. The molecule has 21 heavy (non-hydrogen) atoms. The summed E-state index contributed by atoms with van der Waals surface area (Å²) in [5.74, 6) is 2.15. The summed E-state index contributed by atoms with van der Waals surface area (Å²) in [6, 6.07) is 8.54. The molecule has 0 bridgehead atoms. The van der Waals surface area contributed by atoms with Crippen molar-refractivity contribution in [1.29, 1.82) is 0 Å². The van der Waals surface area contributed by atoms with Crippen molar-refractivity contribution in [3.8, 4) is 11.3 Å². The normalized spacial score (nSPS) is 12.1. The number of nitrogen functional groups attached to an aromatic ring is 1. The second-order valence-electron chi connectivity index (χ2n) is 6.92. The van der Waals surface area contributed by atoms with Crippen LogP contribution in [0.3, 0.4) is 0 Å². The minimum atomic E-state index is -0.0711. The van der Waals surface area contributed by atoms with Gasteiger partial charge in [0, 0.05) is 17.0 Å². The molecule has 0 aliphatic carbocycles. The fourth-order valence-electron chi connectivity index (χ4n) is 2.65. The van der Waals surface area contributed by atoms with Crippen LogP contribution < -0.4 is 5.73 Å². The Morgan fingerprint density at radius 3 is 2.10 bits per heavy atom. The molecule has 2 rings (SSSR count). The molecular formula is C18H27N3. The Balaban J connectivity index is 2.59. The van der Waals surface area contributed by atoms with E-state index in [0.717, 1.165) is 29.3 Å². The molecule has 3 heteroatoms. The van der Waals surface area contributed by atoms with Crippen molar-refractivity contribution in [3.05, 3.63) is 35.7 Å². The van der Waals surface area contributed by atoms with E-state index >= 15 is 0 Å². The minimum Gasteiger partial charge on any atom is -0.383 e. The van der Waals surface area contributed by atoms with Crippen molar-refractivity contribution in [3.63, 3.8) is 0 Å². The van der Waals surface area contributed by atoms with Gasteiger partial charge in [-0.15, -0.1) is 0 Å². The zero-order chi connectivity index (χ0) is 15.8. The first-order valence-electron chi connectivity index (χ1n) is 7.73. The van der Waals surface area contributed by atoms with Crippen LogP contribution in [0.25, 0.3) is 11.3 Å². The second kappa shape index (κ2) is 5.55. The Labute approximate surface area is 128 Å². The van der Waals surface area contributed by atoms with Crippen LogP contribution >= 0.6 is 0 Å². The topological polar surface area (TPSA) is 43.8 Å². The largest absolute Gasteiger partial charge is 0.383 e. The molecule has 1 aromatic carbocycles. The second-order valence-corrected chi connectivity index (χ2v) is 6.92. The molecule has 0 radical (unpaired) electrons. The molecule has 0 saturated heterocycles. The van der Waals surface area contributed by atoms with E-state index in [1.165, 1.54) is 5.56 Å². The third-order valence-corrected chi connectivity index (χ3v) is 3.76. The Bertz CT molecular complexity index is 613. The van der Waals surface area contributed by atoms with Crippen LogP contribution in [0.1, 0.15) is 58.8 Å². The van der Waals surface area contributed by atoms with Crippen LogP contribution in [0.2, 0.25) is 0 Å². The first-order valence-corrected chi connectivity index (χ1v) is 7.73. The molecule has 2 N–H and O–H groups in total. The summed E-state index contributed by atoms with van der Waals surface area (Å²) in [5, 5.41) is 0. The molecule has 0 fully saturated rings. The van der Waals surface area contributed by atoms with Crippen molar-refractivity contribution in [1.82, 2.24) is 9.55 Å². The van der Waals surface area contributed by atoms with Crippen LogP contribution in [0, 0.1) is 0 Å². The maximum Gasteiger partial charge on any atom is 0.132 e. The average Bonchev–Trinajstić information content (AvgIpc) is 2.76. The molecule has 0 unspecified atom stereocenters. The molecule has 2 aromatic rings. The molecule has 0 atom stereocenters. The molecule has 0 spiro atoms. The van der Waals surface area contributed by atoms with Gasteiger partial charge in [-0.05, 0) is 32.8 Å². The highest BCUT2D eigenvalue weighted by Gasteiger charge is 2.25. The number of imidazole rings is 1. The standard InChI is InChI=1S/C18H27N3/c1-7-13-8-10-14(11-9-13)15-16(19)21(18(4,5)6)17(20-15)12(2)3/h8-12H,7,19H2,1-6H3. The number of anilines is 1. The Morgan fingerprint density at radius 2 is 1.71 bits per heavy atom. The van der Waals surface area contributed by atoms with Gasteiger partial charge in [-0.1, -0.05) is 45.0 Å². The number of nitrogens with zero attached hydrogens (tertiary/aromatic N) is 2. The summed E-state index contributed by atoms with van der Waals surface area (Å²) in [6.45, 7) is 13.0. The number of aryl methyl sites for hydroxylation is 1. The maximum atomic E-state index is 6.43. The van der Waals surface area contributed by atoms with Crippen molar-refractivity contribution in [2.24, 2.45) is 0 Å². The Kier molecular flexibility index (Phi) is 4.13. The molecule has 1 aromatic heterocycles. The quantitative estimate of drug-likeness (QED) is 0.897. The van der Waals surface area contributed by atoms with Crippen molar-refractivity contribution in [2.45, 2.75) is 59.4 Å². The fourth-order valence-corrected chi connectivity index (χ4v) is 2.65. The molecule has 0 aliphatic rings. The SMILES string of the molecule is CCc1ccc(-c2nc(C(C)C)n(C(C)(C)C)c2N)cc1. The number of aromatic nitrogens is 2. The number of hydrogen-bond donors (Lipinski definition) is 1. The molecule has 0 amide bonds. The van der Waals surface area contributed by atoms with E-state index < -0.39 is 0 Å². The number of hydrogen-bond acceptors (Lipinski definition) is 2. The van der Waals surface area contributed by atoms with Gasteiger partial charge in [0.25, 0.3) is 0 Å². The summed E-state index contributed by atoms with van der Waals surface area (Å²) in [4.78, 5) is 4.84. The first kappa shape index (κ1) is 15.6. The highest BCUT2D eigenvalue weighted by atomic mass is 15.2. The van der Waals surface area contributed by atoms with E-state index in [1.807, 2.05) is 0 Å². The smallest absolute Gasteiger partial charge is 0.132 e. The Hall–Kier alpha value is -1.77. The highest BCUT2D eigenvalue weighted by molar-refractivity contribution is 5.71. The van der Waals surface area contributed by atoms with Gasteiger partial charge in [-0.3, -0.25) is 0 Å². The van der Waals surface area contributed by atoms with Crippen LogP contribution in [-0.4, -0.2) is 9.55 Å². The van der Waals surface area contributed by atoms with E-state index in [9.17, 15) is 0 Å². The van der Waals surface area contributed by atoms with E-state index in [-0.39, 0.29) is 5.54 Å². The lowest BCUT2D eigenvalue weighted by Crippen LogP contribution is -2.26. The number of benzene rings is 1. The van der Waals surface area contributed by atoms with E-state index in [0.29, 0.717) is 5.92 Å². The lowest BCUT2D eigenvalue weighted by molar-refractivity contribution is 0.382.